The predicted octanol–water partition coefficient (Wildman–Crippen LogP) is 3.85. The van der Waals surface area contributed by atoms with Gasteiger partial charge in [0, 0.05) is 11.1 Å². The van der Waals surface area contributed by atoms with Crippen molar-refractivity contribution < 1.29 is 24.5 Å². The van der Waals surface area contributed by atoms with Gasteiger partial charge in [0.2, 0.25) is 0 Å². The summed E-state index contributed by atoms with van der Waals surface area (Å²) >= 11 is 0. The molecule has 0 unspecified atom stereocenters. The van der Waals surface area contributed by atoms with Crippen LogP contribution in [0.1, 0.15) is 32.8 Å². The molecule has 0 aliphatic rings. The Morgan fingerprint density at radius 1 is 1.20 bits per heavy atom. The van der Waals surface area contributed by atoms with Gasteiger partial charge in [-0.1, -0.05) is 62.6 Å². The van der Waals surface area contributed by atoms with Gasteiger partial charge in [-0.3, -0.25) is 0 Å². The number of carboxylic acid groups (broad SMARTS) is 1. The normalized spacial score (nSPS) is 9.52. The van der Waals surface area contributed by atoms with Crippen molar-refractivity contribution in [1.82, 2.24) is 0 Å². The Labute approximate surface area is 150 Å². The summed E-state index contributed by atoms with van der Waals surface area (Å²) in [6, 6.07) is 10.0. The van der Waals surface area contributed by atoms with Crippen LogP contribution in [0.15, 0.2) is 60.7 Å². The third-order valence-corrected chi connectivity index (χ3v) is 2.56. The number of hydrogen-bond acceptors (Lipinski definition) is 4. The Hall–Kier alpha value is -2.66. The minimum atomic E-state index is -0.827. The van der Waals surface area contributed by atoms with E-state index in [0.29, 0.717) is 11.1 Å². The highest BCUT2D eigenvalue weighted by atomic mass is 16.5. The van der Waals surface area contributed by atoms with Crippen molar-refractivity contribution in [3.8, 4) is 0 Å². The maximum absolute atomic E-state index is 10.5. The number of aliphatic hydroxyl groups excluding tert-OH is 1. The molecule has 25 heavy (non-hydrogen) atoms. The van der Waals surface area contributed by atoms with Gasteiger partial charge in [-0.15, -0.1) is 0 Å². The van der Waals surface area contributed by atoms with Crippen LogP contribution in [0, 0.1) is 0 Å². The van der Waals surface area contributed by atoms with Crippen LogP contribution in [0.4, 0.5) is 0 Å². The van der Waals surface area contributed by atoms with E-state index in [-0.39, 0.29) is 13.2 Å². The molecule has 1 aromatic rings. The number of hydrogen-bond donors (Lipinski definition) is 2. The van der Waals surface area contributed by atoms with Gasteiger partial charge in [-0.05, 0) is 25.8 Å². The van der Waals surface area contributed by atoms with Gasteiger partial charge in [-0.25, -0.2) is 9.59 Å². The Balaban J connectivity index is 0. The number of aliphatic carboxylic acids is 1. The zero-order valence-electron chi connectivity index (χ0n) is 15.2. The van der Waals surface area contributed by atoms with Crippen molar-refractivity contribution >= 4 is 18.0 Å². The highest BCUT2D eigenvalue weighted by Gasteiger charge is 1.99. The van der Waals surface area contributed by atoms with Gasteiger partial charge < -0.3 is 14.9 Å². The van der Waals surface area contributed by atoms with E-state index in [2.05, 4.69) is 17.9 Å². The third kappa shape index (κ3) is 16.0. The number of rotatable bonds is 6. The van der Waals surface area contributed by atoms with Crippen LogP contribution in [0.2, 0.25) is 0 Å². The summed E-state index contributed by atoms with van der Waals surface area (Å²) < 4.78 is 4.46. The van der Waals surface area contributed by atoms with Gasteiger partial charge >= 0.3 is 11.9 Å². The lowest BCUT2D eigenvalue weighted by atomic mass is 10.2. The number of carboxylic acids is 1. The molecule has 0 aliphatic heterocycles. The van der Waals surface area contributed by atoms with Gasteiger partial charge in [0.05, 0.1) is 6.61 Å². The second kappa shape index (κ2) is 16.2. The number of carbonyl (C=O) groups excluding carboxylic acids is 1. The highest BCUT2D eigenvalue weighted by molar-refractivity contribution is 5.86. The van der Waals surface area contributed by atoms with E-state index < -0.39 is 11.9 Å². The van der Waals surface area contributed by atoms with Crippen molar-refractivity contribution in [3.63, 3.8) is 0 Å². The maximum Gasteiger partial charge on any atom is 0.333 e. The number of esters is 1. The molecule has 0 heterocycles. The number of benzene rings is 1. The molecule has 5 heteroatoms. The Kier molecular flexibility index (Phi) is 15.9. The Morgan fingerprint density at radius 2 is 1.76 bits per heavy atom. The second-order valence-electron chi connectivity index (χ2n) is 4.86. The first-order chi connectivity index (χ1) is 11.8. The van der Waals surface area contributed by atoms with E-state index in [0.717, 1.165) is 6.42 Å². The second-order valence-corrected chi connectivity index (χ2v) is 4.86. The van der Waals surface area contributed by atoms with Crippen LogP contribution in [-0.2, 0) is 14.3 Å². The number of carbonyl (C=O) groups is 2. The first-order valence-corrected chi connectivity index (χ1v) is 7.81. The fourth-order valence-corrected chi connectivity index (χ4v) is 1.24. The summed E-state index contributed by atoms with van der Waals surface area (Å²) in [7, 11) is 0. The molecule has 0 radical (unpaired) electrons. The zero-order chi connectivity index (χ0) is 19.7. The number of ether oxygens (including phenoxy) is 1. The van der Waals surface area contributed by atoms with Crippen LogP contribution in [-0.4, -0.2) is 35.4 Å². The Morgan fingerprint density at radius 3 is 2.04 bits per heavy atom. The lowest BCUT2D eigenvalue weighted by Crippen LogP contribution is -2.08. The lowest BCUT2D eigenvalue weighted by molar-refractivity contribution is -0.140. The first kappa shape index (κ1) is 24.6. The zero-order valence-corrected chi connectivity index (χ0v) is 15.2. The van der Waals surface area contributed by atoms with Crippen LogP contribution >= 0.6 is 0 Å². The van der Waals surface area contributed by atoms with Crippen molar-refractivity contribution in [3.05, 3.63) is 66.3 Å². The molecule has 2 N–H and O–H groups in total. The van der Waals surface area contributed by atoms with E-state index in [1.54, 1.807) is 19.9 Å². The minimum Gasteiger partial charge on any atom is -0.478 e. The summed E-state index contributed by atoms with van der Waals surface area (Å²) in [6.07, 6.45) is 4.31. The van der Waals surface area contributed by atoms with Crippen LogP contribution < -0.4 is 0 Å². The lowest BCUT2D eigenvalue weighted by Gasteiger charge is -1.99. The van der Waals surface area contributed by atoms with E-state index in [9.17, 15) is 9.59 Å². The fraction of sp³-hybridized carbons (Fsp3) is 0.300. The molecule has 0 amide bonds. The van der Waals surface area contributed by atoms with E-state index >= 15 is 0 Å². The van der Waals surface area contributed by atoms with Gasteiger partial charge in [0.15, 0.2) is 0 Å². The molecule has 0 aromatic heterocycles. The van der Waals surface area contributed by atoms with Gasteiger partial charge in [0.25, 0.3) is 0 Å². The van der Waals surface area contributed by atoms with Gasteiger partial charge in [-0.2, -0.15) is 0 Å². The molecule has 0 spiro atoms. The maximum atomic E-state index is 10.5. The van der Waals surface area contributed by atoms with Crippen LogP contribution in [0.3, 0.4) is 0 Å². The SMILES string of the molecule is C=C(C)C(=O)OCCO.C=Cc1ccccc1.CC/C=C(\C)C(=O)O. The van der Waals surface area contributed by atoms with Crippen molar-refractivity contribution in [1.29, 1.82) is 0 Å². The molecule has 0 aliphatic carbocycles. The summed E-state index contributed by atoms with van der Waals surface area (Å²) in [6.45, 7) is 11.9. The van der Waals surface area contributed by atoms with Crippen molar-refractivity contribution in [2.24, 2.45) is 0 Å². The van der Waals surface area contributed by atoms with E-state index in [1.807, 2.05) is 43.3 Å². The van der Waals surface area contributed by atoms with Crippen molar-refractivity contribution in [2.75, 3.05) is 13.2 Å². The Bertz CT molecular complexity index is 559. The van der Waals surface area contributed by atoms with Crippen molar-refractivity contribution in [2.45, 2.75) is 27.2 Å². The third-order valence-electron chi connectivity index (χ3n) is 2.56. The smallest absolute Gasteiger partial charge is 0.333 e. The van der Waals surface area contributed by atoms with Crippen LogP contribution in [0.5, 0.6) is 0 Å². The molecule has 138 valence electrons. The monoisotopic (exact) mass is 348 g/mol. The summed E-state index contributed by atoms with van der Waals surface area (Å²) in [5.74, 6) is -1.28. The molecular weight excluding hydrogens is 320 g/mol. The molecule has 0 atom stereocenters. The summed E-state index contributed by atoms with van der Waals surface area (Å²) in [5.41, 5.74) is 1.95. The average molecular weight is 348 g/mol. The minimum absolute atomic E-state index is 0.0473. The predicted molar refractivity (Wildman–Crippen MR) is 101 cm³/mol. The quantitative estimate of drug-likeness (QED) is 0.602. The topological polar surface area (TPSA) is 83.8 Å². The average Bonchev–Trinajstić information content (AvgIpc) is 2.61. The standard InChI is InChI=1S/C8H8.C6H10O3.C6H10O2/c1-2-8-6-4-3-5-7-8;1-5(2)6(8)9-4-3-7;1-3-4-5(2)6(7)8/h2-7H,1H2;7H,1,3-4H2,2H3;4H,3H2,1-2H3,(H,7,8)/b;;5-4+. The molecule has 1 rings (SSSR count). The largest absolute Gasteiger partial charge is 0.478 e. The van der Waals surface area contributed by atoms with E-state index in [4.69, 9.17) is 10.2 Å². The number of allylic oxidation sites excluding steroid dienone is 1. The molecule has 1 aromatic carbocycles. The molecule has 0 bridgehead atoms. The van der Waals surface area contributed by atoms with Crippen LogP contribution in [0.25, 0.3) is 6.08 Å². The molecule has 0 saturated heterocycles. The summed E-state index contributed by atoms with van der Waals surface area (Å²) in [5, 5.41) is 16.4. The van der Waals surface area contributed by atoms with Gasteiger partial charge in [0.1, 0.15) is 6.61 Å². The summed E-state index contributed by atoms with van der Waals surface area (Å²) in [4.78, 5) is 20.5. The number of aliphatic hydroxyl groups is 1. The van der Waals surface area contributed by atoms with E-state index in [1.165, 1.54) is 5.56 Å². The molecule has 5 nitrogen and oxygen atoms in total. The highest BCUT2D eigenvalue weighted by Crippen LogP contribution is 1.97. The molecule has 0 saturated carbocycles. The molecular formula is C20H28O5. The first-order valence-electron chi connectivity index (χ1n) is 7.81. The fourth-order valence-electron chi connectivity index (χ4n) is 1.24. The molecule has 0 fully saturated rings.